The minimum atomic E-state index is -3.46. The topological polar surface area (TPSA) is 80.8 Å². The van der Waals surface area contributed by atoms with Gasteiger partial charge < -0.3 is 0 Å². The second kappa shape index (κ2) is 7.12. The standard InChI is InChI=1S/C17H27NO5S/c1-24(21,22)23-11-13-7-3-2-6-12(13)10-18-16(19)14-8-4-5-9-15(14)17(18)20/h12-15H,2-11H2,1H3/t12-,13-,14?,15?/m0/s1. The molecule has 24 heavy (non-hydrogen) atoms. The lowest BCUT2D eigenvalue weighted by atomic mass is 9.79. The summed E-state index contributed by atoms with van der Waals surface area (Å²) in [4.78, 5) is 26.7. The van der Waals surface area contributed by atoms with Crippen molar-refractivity contribution < 1.29 is 22.2 Å². The summed E-state index contributed by atoms with van der Waals surface area (Å²) in [5, 5.41) is 0. The van der Waals surface area contributed by atoms with Crippen LogP contribution >= 0.6 is 0 Å². The number of carbonyl (C=O) groups is 2. The molecule has 2 amide bonds. The van der Waals surface area contributed by atoms with Crippen LogP contribution in [0, 0.1) is 23.7 Å². The quantitative estimate of drug-likeness (QED) is 0.555. The molecule has 136 valence electrons. The molecule has 0 radical (unpaired) electrons. The maximum Gasteiger partial charge on any atom is 0.264 e. The molecule has 4 atom stereocenters. The average molecular weight is 357 g/mol. The third-order valence-electron chi connectivity index (χ3n) is 5.91. The van der Waals surface area contributed by atoms with E-state index in [0.717, 1.165) is 57.6 Å². The summed E-state index contributed by atoms with van der Waals surface area (Å²) in [7, 11) is -3.46. The molecule has 2 unspecified atom stereocenters. The maximum absolute atomic E-state index is 12.6. The molecule has 3 fully saturated rings. The van der Waals surface area contributed by atoms with Crippen LogP contribution in [0.4, 0.5) is 0 Å². The molecule has 3 rings (SSSR count). The fraction of sp³-hybridized carbons (Fsp3) is 0.882. The molecule has 2 aliphatic carbocycles. The van der Waals surface area contributed by atoms with Crippen molar-refractivity contribution in [3.8, 4) is 0 Å². The second-order valence-electron chi connectivity index (χ2n) is 7.58. The van der Waals surface area contributed by atoms with Gasteiger partial charge in [-0.2, -0.15) is 8.42 Å². The van der Waals surface area contributed by atoms with E-state index >= 15 is 0 Å². The molecular formula is C17H27NO5S. The average Bonchev–Trinajstić information content (AvgIpc) is 2.79. The van der Waals surface area contributed by atoms with Gasteiger partial charge in [0, 0.05) is 6.54 Å². The van der Waals surface area contributed by atoms with Crippen molar-refractivity contribution in [3.05, 3.63) is 0 Å². The first kappa shape index (κ1) is 17.9. The number of hydrogen-bond acceptors (Lipinski definition) is 5. The number of hydrogen-bond donors (Lipinski definition) is 0. The van der Waals surface area contributed by atoms with Gasteiger partial charge in [0.2, 0.25) is 11.8 Å². The van der Waals surface area contributed by atoms with E-state index in [9.17, 15) is 18.0 Å². The van der Waals surface area contributed by atoms with Crippen LogP contribution in [0.15, 0.2) is 0 Å². The predicted octanol–water partition coefficient (Wildman–Crippen LogP) is 1.94. The Balaban J connectivity index is 1.66. The van der Waals surface area contributed by atoms with Crippen molar-refractivity contribution in [2.24, 2.45) is 23.7 Å². The van der Waals surface area contributed by atoms with Crippen LogP contribution in [0.2, 0.25) is 0 Å². The monoisotopic (exact) mass is 357 g/mol. The van der Waals surface area contributed by atoms with Gasteiger partial charge in [-0.1, -0.05) is 25.7 Å². The van der Waals surface area contributed by atoms with Crippen LogP contribution in [-0.4, -0.2) is 44.5 Å². The van der Waals surface area contributed by atoms with E-state index in [4.69, 9.17) is 4.18 Å². The number of rotatable bonds is 5. The number of fused-ring (bicyclic) bond motifs is 1. The van der Waals surface area contributed by atoms with Crippen LogP contribution < -0.4 is 0 Å². The van der Waals surface area contributed by atoms with Crippen molar-refractivity contribution in [2.75, 3.05) is 19.4 Å². The number of imide groups is 1. The molecule has 6 nitrogen and oxygen atoms in total. The second-order valence-corrected chi connectivity index (χ2v) is 9.22. The van der Waals surface area contributed by atoms with Crippen molar-refractivity contribution in [2.45, 2.75) is 51.4 Å². The fourth-order valence-electron chi connectivity index (χ4n) is 4.60. The summed E-state index contributed by atoms with van der Waals surface area (Å²) in [6.45, 7) is 0.592. The van der Waals surface area contributed by atoms with E-state index < -0.39 is 10.1 Å². The fourth-order valence-corrected chi connectivity index (χ4v) is 5.02. The molecule has 0 aromatic rings. The van der Waals surface area contributed by atoms with Crippen molar-refractivity contribution in [1.82, 2.24) is 4.90 Å². The number of amides is 2. The van der Waals surface area contributed by atoms with E-state index in [1.807, 2.05) is 0 Å². The Kier molecular flexibility index (Phi) is 5.30. The van der Waals surface area contributed by atoms with Crippen molar-refractivity contribution in [1.29, 1.82) is 0 Å². The number of carbonyl (C=O) groups excluding carboxylic acids is 2. The highest BCUT2D eigenvalue weighted by Crippen LogP contribution is 2.40. The zero-order valence-corrected chi connectivity index (χ0v) is 15.1. The van der Waals surface area contributed by atoms with Crippen molar-refractivity contribution >= 4 is 21.9 Å². The molecule has 0 aromatic carbocycles. The van der Waals surface area contributed by atoms with Gasteiger partial charge in [-0.3, -0.25) is 18.7 Å². The maximum atomic E-state index is 12.6. The molecule has 1 aliphatic heterocycles. The van der Waals surface area contributed by atoms with Gasteiger partial charge in [-0.15, -0.1) is 0 Å². The van der Waals surface area contributed by atoms with Crippen LogP contribution in [-0.2, 0) is 23.9 Å². The Labute approximate surface area is 144 Å². The molecule has 1 heterocycles. The van der Waals surface area contributed by atoms with E-state index in [1.54, 1.807) is 0 Å². The van der Waals surface area contributed by atoms with Gasteiger partial charge in [-0.05, 0) is 37.5 Å². The largest absolute Gasteiger partial charge is 0.282 e. The minimum Gasteiger partial charge on any atom is -0.282 e. The first-order valence-electron chi connectivity index (χ1n) is 9.06. The molecule has 0 aromatic heterocycles. The Morgan fingerprint density at radius 3 is 1.96 bits per heavy atom. The van der Waals surface area contributed by atoms with Gasteiger partial charge in [-0.25, -0.2) is 0 Å². The van der Waals surface area contributed by atoms with Gasteiger partial charge in [0.25, 0.3) is 10.1 Å². The van der Waals surface area contributed by atoms with Gasteiger partial charge >= 0.3 is 0 Å². The first-order chi connectivity index (χ1) is 11.4. The number of likely N-dealkylation sites (tertiary alicyclic amines) is 1. The van der Waals surface area contributed by atoms with Gasteiger partial charge in [0.1, 0.15) is 0 Å². The molecule has 1 saturated heterocycles. The predicted molar refractivity (Wildman–Crippen MR) is 88.4 cm³/mol. The molecule has 0 bridgehead atoms. The molecule has 0 spiro atoms. The van der Waals surface area contributed by atoms with Gasteiger partial charge in [0.15, 0.2) is 0 Å². The minimum absolute atomic E-state index is 0.00180. The highest BCUT2D eigenvalue weighted by molar-refractivity contribution is 7.85. The summed E-state index contributed by atoms with van der Waals surface area (Å²) in [6.07, 6.45) is 8.69. The van der Waals surface area contributed by atoms with Crippen LogP contribution in [0.5, 0.6) is 0 Å². The van der Waals surface area contributed by atoms with Crippen LogP contribution in [0.3, 0.4) is 0 Å². The summed E-state index contributed by atoms with van der Waals surface area (Å²) < 4.78 is 27.5. The molecule has 3 aliphatic rings. The zero-order chi connectivity index (χ0) is 17.3. The molecular weight excluding hydrogens is 330 g/mol. The third-order valence-corrected chi connectivity index (χ3v) is 6.48. The normalized spacial score (nSPS) is 34.5. The summed E-state index contributed by atoms with van der Waals surface area (Å²) in [5.74, 6) is 0.0162. The van der Waals surface area contributed by atoms with Crippen LogP contribution in [0.1, 0.15) is 51.4 Å². The number of nitrogens with zero attached hydrogens (tertiary/aromatic N) is 1. The lowest BCUT2D eigenvalue weighted by molar-refractivity contribution is -0.141. The summed E-state index contributed by atoms with van der Waals surface area (Å²) in [6, 6.07) is 0. The first-order valence-corrected chi connectivity index (χ1v) is 10.9. The molecule has 0 N–H and O–H groups in total. The Morgan fingerprint density at radius 1 is 0.917 bits per heavy atom. The molecule has 2 saturated carbocycles. The van der Waals surface area contributed by atoms with Gasteiger partial charge in [0.05, 0.1) is 24.7 Å². The van der Waals surface area contributed by atoms with E-state index in [2.05, 4.69) is 0 Å². The highest BCUT2D eigenvalue weighted by Gasteiger charge is 2.48. The molecule has 7 heteroatoms. The van der Waals surface area contributed by atoms with Crippen LogP contribution in [0.25, 0.3) is 0 Å². The highest BCUT2D eigenvalue weighted by atomic mass is 32.2. The lowest BCUT2D eigenvalue weighted by Crippen LogP contribution is -2.40. The Hall–Kier alpha value is -0.950. The Morgan fingerprint density at radius 2 is 1.42 bits per heavy atom. The van der Waals surface area contributed by atoms with E-state index in [-0.39, 0.29) is 42.1 Å². The zero-order valence-electron chi connectivity index (χ0n) is 14.3. The third kappa shape index (κ3) is 3.82. The van der Waals surface area contributed by atoms with E-state index in [0.29, 0.717) is 6.54 Å². The Bertz CT molecular complexity index is 578. The van der Waals surface area contributed by atoms with Crippen molar-refractivity contribution in [3.63, 3.8) is 0 Å². The smallest absolute Gasteiger partial charge is 0.264 e. The SMILES string of the molecule is CS(=O)(=O)OC[C@@H]1CCCC[C@H]1CN1C(=O)C2CCCCC2C1=O. The lowest BCUT2D eigenvalue weighted by Gasteiger charge is -2.33. The summed E-state index contributed by atoms with van der Waals surface area (Å²) >= 11 is 0. The summed E-state index contributed by atoms with van der Waals surface area (Å²) in [5.41, 5.74) is 0. The van der Waals surface area contributed by atoms with E-state index in [1.165, 1.54) is 4.90 Å².